The van der Waals surface area contributed by atoms with Crippen LogP contribution in [0.2, 0.25) is 18.1 Å². The van der Waals surface area contributed by atoms with Crippen LogP contribution in [0.4, 0.5) is 4.39 Å². The molecule has 1 atom stereocenters. The number of hydrogen-bond acceptors (Lipinski definition) is 3. The lowest BCUT2D eigenvalue weighted by Gasteiger charge is -2.39. The van der Waals surface area contributed by atoms with Crippen LogP contribution in [0.1, 0.15) is 67.4 Å². The third kappa shape index (κ3) is 6.39. The molecular formula is C43H45FN2O2Si. The van der Waals surface area contributed by atoms with E-state index in [0.717, 1.165) is 27.8 Å². The summed E-state index contributed by atoms with van der Waals surface area (Å²) >= 11 is 0. The van der Waals surface area contributed by atoms with E-state index in [2.05, 4.69) is 70.3 Å². The van der Waals surface area contributed by atoms with Crippen LogP contribution in [0, 0.1) is 5.82 Å². The predicted molar refractivity (Wildman–Crippen MR) is 200 cm³/mol. The number of imidazole rings is 1. The lowest BCUT2D eigenvalue weighted by atomic mass is 9.76. The lowest BCUT2D eigenvalue weighted by Crippen LogP contribution is -2.44. The van der Waals surface area contributed by atoms with Gasteiger partial charge in [0.2, 0.25) is 0 Å². The molecule has 0 aliphatic heterocycles. The van der Waals surface area contributed by atoms with Crippen molar-refractivity contribution >= 4 is 8.32 Å². The Morgan fingerprint density at radius 3 is 1.67 bits per heavy atom. The minimum atomic E-state index is -2.41. The molecule has 0 spiro atoms. The summed E-state index contributed by atoms with van der Waals surface area (Å²) < 4.78 is 25.5. The van der Waals surface area contributed by atoms with Gasteiger partial charge >= 0.3 is 0 Å². The summed E-state index contributed by atoms with van der Waals surface area (Å²) in [5, 5.41) is 12.4. The van der Waals surface area contributed by atoms with Crippen molar-refractivity contribution < 1.29 is 13.9 Å². The highest BCUT2D eigenvalue weighted by atomic mass is 28.4. The van der Waals surface area contributed by atoms with Crippen LogP contribution in [0.15, 0.2) is 140 Å². The minimum absolute atomic E-state index is 0.137. The first-order valence-electron chi connectivity index (χ1n) is 17.0. The summed E-state index contributed by atoms with van der Waals surface area (Å²) in [5.74, 6) is -0.0577. The van der Waals surface area contributed by atoms with E-state index in [0.29, 0.717) is 17.9 Å². The molecule has 0 fully saturated rings. The molecule has 0 amide bonds. The van der Waals surface area contributed by atoms with Crippen molar-refractivity contribution in [2.75, 3.05) is 0 Å². The fourth-order valence-electron chi connectivity index (χ4n) is 6.28. The van der Waals surface area contributed by atoms with Gasteiger partial charge in [-0.25, -0.2) is 9.37 Å². The van der Waals surface area contributed by atoms with Crippen molar-refractivity contribution in [3.63, 3.8) is 0 Å². The number of aliphatic hydroxyl groups excluding tert-OH is 1. The number of aliphatic hydroxyl groups is 1. The highest BCUT2D eigenvalue weighted by Gasteiger charge is 2.43. The van der Waals surface area contributed by atoms with Crippen LogP contribution in [0.5, 0.6) is 5.75 Å². The van der Waals surface area contributed by atoms with Crippen molar-refractivity contribution in [1.29, 1.82) is 0 Å². The quantitative estimate of drug-likeness (QED) is 0.117. The van der Waals surface area contributed by atoms with Crippen LogP contribution in [-0.4, -0.2) is 23.0 Å². The predicted octanol–water partition coefficient (Wildman–Crippen LogP) is 10.6. The van der Waals surface area contributed by atoms with E-state index in [1.54, 1.807) is 12.1 Å². The number of rotatable bonds is 10. The first-order chi connectivity index (χ1) is 23.5. The van der Waals surface area contributed by atoms with E-state index in [9.17, 15) is 5.11 Å². The Balaban J connectivity index is 1.68. The average Bonchev–Trinajstić information content (AvgIpc) is 3.56. The summed E-state index contributed by atoms with van der Waals surface area (Å²) in [5.41, 5.74) is 4.54. The van der Waals surface area contributed by atoms with Gasteiger partial charge in [0.25, 0.3) is 8.32 Å². The van der Waals surface area contributed by atoms with Gasteiger partial charge in [-0.1, -0.05) is 149 Å². The maximum absolute atomic E-state index is 16.9. The Morgan fingerprint density at radius 1 is 0.755 bits per heavy atom. The van der Waals surface area contributed by atoms with Gasteiger partial charge in [0.1, 0.15) is 23.2 Å². The van der Waals surface area contributed by atoms with Crippen molar-refractivity contribution in [2.24, 2.45) is 0 Å². The first-order valence-corrected chi connectivity index (χ1v) is 19.9. The molecule has 0 saturated heterocycles. The number of halogens is 1. The van der Waals surface area contributed by atoms with Crippen molar-refractivity contribution in [1.82, 2.24) is 9.55 Å². The van der Waals surface area contributed by atoms with Gasteiger partial charge in [-0.05, 0) is 58.9 Å². The molecule has 0 saturated carbocycles. The smallest absolute Gasteiger partial charge is 0.250 e. The van der Waals surface area contributed by atoms with E-state index >= 15 is 4.39 Å². The monoisotopic (exact) mass is 668 g/mol. The van der Waals surface area contributed by atoms with Crippen molar-refractivity contribution in [3.8, 4) is 17.0 Å². The zero-order chi connectivity index (χ0) is 34.8. The fourth-order valence-corrected chi connectivity index (χ4v) is 7.29. The highest BCUT2D eigenvalue weighted by molar-refractivity contribution is 6.74. The zero-order valence-electron chi connectivity index (χ0n) is 29.2. The Hall–Kier alpha value is -4.78. The lowest BCUT2D eigenvalue weighted by molar-refractivity contribution is 0.194. The molecule has 250 valence electrons. The number of aromatic nitrogens is 2. The molecule has 0 radical (unpaired) electrons. The van der Waals surface area contributed by atoms with Crippen LogP contribution in [-0.2, 0) is 12.0 Å². The Morgan fingerprint density at radius 2 is 1.22 bits per heavy atom. The molecule has 4 nitrogen and oxygen atoms in total. The Bertz CT molecular complexity index is 1910. The topological polar surface area (TPSA) is 47.3 Å². The SMILES string of the molecule is CCc1cc(O[Si](C)(C)C(C)(C)C)c(F)c(C(O)c2nc(-c3ccccc3)cn2C(c2ccccc2)(c2ccccc2)c2ccccc2)c1. The summed E-state index contributed by atoms with van der Waals surface area (Å²) in [4.78, 5) is 5.15. The third-order valence-electron chi connectivity index (χ3n) is 9.98. The molecule has 1 aromatic heterocycles. The standard InChI is InChI=1S/C43H45FN2O2Si/c1-7-31-28-36(39(44)38(29-31)48-49(5,6)42(2,3)4)40(47)41-45-37(32-20-12-8-13-21-32)30-46(41)43(33-22-14-9-15-23-33,34-24-16-10-17-25-34)35-26-18-11-19-27-35/h8-30,40,47H,7H2,1-6H3. The molecule has 0 aliphatic rings. The molecule has 0 bridgehead atoms. The highest BCUT2D eigenvalue weighted by Crippen LogP contribution is 2.45. The molecule has 0 aliphatic carbocycles. The van der Waals surface area contributed by atoms with Crippen LogP contribution in [0.25, 0.3) is 11.3 Å². The van der Waals surface area contributed by atoms with Gasteiger partial charge in [0, 0.05) is 17.3 Å². The normalized spacial score (nSPS) is 12.9. The molecule has 6 heteroatoms. The molecule has 1 N–H and O–H groups in total. The number of nitrogens with zero attached hydrogens (tertiary/aromatic N) is 2. The second-order valence-corrected chi connectivity index (χ2v) is 18.9. The molecule has 1 unspecified atom stereocenters. The number of hydrogen-bond donors (Lipinski definition) is 1. The number of benzene rings is 5. The summed E-state index contributed by atoms with van der Waals surface area (Å²) in [6.45, 7) is 12.6. The minimum Gasteiger partial charge on any atom is -0.542 e. The van der Waals surface area contributed by atoms with E-state index < -0.39 is 25.8 Å². The van der Waals surface area contributed by atoms with E-state index in [1.165, 1.54) is 0 Å². The largest absolute Gasteiger partial charge is 0.542 e. The maximum Gasteiger partial charge on any atom is 0.250 e. The van der Waals surface area contributed by atoms with Crippen LogP contribution < -0.4 is 4.43 Å². The average molecular weight is 669 g/mol. The molecule has 6 rings (SSSR count). The third-order valence-corrected chi connectivity index (χ3v) is 14.3. The van der Waals surface area contributed by atoms with E-state index in [-0.39, 0.29) is 16.4 Å². The van der Waals surface area contributed by atoms with Gasteiger partial charge in [0.15, 0.2) is 5.82 Å². The van der Waals surface area contributed by atoms with Crippen LogP contribution in [0.3, 0.4) is 0 Å². The summed E-state index contributed by atoms with van der Waals surface area (Å²) in [7, 11) is -2.41. The fraction of sp³-hybridized carbons (Fsp3) is 0.233. The van der Waals surface area contributed by atoms with Crippen molar-refractivity contribution in [2.45, 2.75) is 63.9 Å². The molecule has 6 aromatic rings. The maximum atomic E-state index is 16.9. The van der Waals surface area contributed by atoms with Gasteiger partial charge in [-0.15, -0.1) is 0 Å². The van der Waals surface area contributed by atoms with Gasteiger partial charge in [-0.2, -0.15) is 0 Å². The van der Waals surface area contributed by atoms with Gasteiger partial charge < -0.3 is 14.1 Å². The van der Waals surface area contributed by atoms with Gasteiger partial charge in [-0.3, -0.25) is 0 Å². The molecule has 5 aromatic carbocycles. The second-order valence-electron chi connectivity index (χ2n) is 14.1. The number of aryl methyl sites for hydroxylation is 1. The summed E-state index contributed by atoms with van der Waals surface area (Å²) in [6.07, 6.45) is 1.23. The van der Waals surface area contributed by atoms with Gasteiger partial charge in [0.05, 0.1) is 5.69 Å². The Kier molecular flexibility index (Phi) is 9.47. The molecule has 49 heavy (non-hydrogen) atoms. The van der Waals surface area contributed by atoms with E-state index in [1.807, 2.05) is 103 Å². The first kappa shape index (κ1) is 34.1. The molecular weight excluding hydrogens is 624 g/mol. The summed E-state index contributed by atoms with van der Waals surface area (Å²) in [6, 6.07) is 44.2. The van der Waals surface area contributed by atoms with Crippen molar-refractivity contribution in [3.05, 3.63) is 179 Å². The Labute approximate surface area is 291 Å². The van der Waals surface area contributed by atoms with E-state index in [4.69, 9.17) is 9.41 Å². The second kappa shape index (κ2) is 13.6. The van der Waals surface area contributed by atoms with Crippen LogP contribution >= 0.6 is 0 Å². The molecule has 1 heterocycles. The zero-order valence-corrected chi connectivity index (χ0v) is 30.2.